The van der Waals surface area contributed by atoms with Crippen LogP contribution in [0.5, 0.6) is 0 Å². The van der Waals surface area contributed by atoms with E-state index in [9.17, 15) is 0 Å². The number of rotatable bonds is 0. The van der Waals surface area contributed by atoms with E-state index < -0.39 is 0 Å². The fraction of sp³-hybridized carbons (Fsp3) is 0. The van der Waals surface area contributed by atoms with Gasteiger partial charge in [-0.1, -0.05) is 6.07 Å². The van der Waals surface area contributed by atoms with Gasteiger partial charge < -0.3 is 0 Å². The molecule has 0 saturated heterocycles. The van der Waals surface area contributed by atoms with Gasteiger partial charge in [-0.3, -0.25) is 0 Å². The Balaban J connectivity index is 0.00000136. The van der Waals surface area contributed by atoms with Gasteiger partial charge in [-0.25, -0.2) is 0 Å². The van der Waals surface area contributed by atoms with Gasteiger partial charge in [0.15, 0.2) is 0 Å². The van der Waals surface area contributed by atoms with Crippen LogP contribution >= 0.6 is 9.53 Å². The van der Waals surface area contributed by atoms with Gasteiger partial charge in [-0.2, -0.15) is 0 Å². The van der Waals surface area contributed by atoms with E-state index in [2.05, 4.69) is 53.7 Å². The Morgan fingerprint density at radius 1 is 0.442 bits per heavy atom. The number of benzene rings is 4. The van der Waals surface area contributed by atoms with Crippen LogP contribution in [-0.2, 0) is 34.2 Å². The van der Waals surface area contributed by atoms with Crippen molar-refractivity contribution in [2.75, 3.05) is 0 Å². The van der Waals surface area contributed by atoms with Crippen LogP contribution in [0.2, 0.25) is 0 Å². The minimum absolute atomic E-state index is 0.573. The monoisotopic (exact) mass is 710 g/mol. The topological polar surface area (TPSA) is 109 Å². The van der Waals surface area contributed by atoms with Gasteiger partial charge >= 0.3 is 263 Å². The van der Waals surface area contributed by atoms with Crippen molar-refractivity contribution in [3.63, 3.8) is 0 Å². The predicted octanol–water partition coefficient (Wildman–Crippen LogP) is 6.73. The maximum atomic E-state index is 5.04. The van der Waals surface area contributed by atoms with Gasteiger partial charge in [0.25, 0.3) is 0 Å². The SMILES string of the molecule is [Cl][Pd].[Fe][c]1cccc2c3nc4nc(nc5[nH]c(nc6nc(nc([nH]3)c12)-c1ccccc1-6)c1ccccc51)-c1ccccc1-4. The molecule has 9 rings (SSSR count). The van der Waals surface area contributed by atoms with E-state index in [1.165, 1.54) is 0 Å². The molecule has 8 nitrogen and oxygen atoms in total. The molecule has 43 heavy (non-hydrogen) atoms. The molecule has 3 aromatic heterocycles. The molecule has 8 bridgehead atoms. The summed E-state index contributed by atoms with van der Waals surface area (Å²) in [5.74, 6) is 2.32. The molecule has 2 aliphatic rings. The van der Waals surface area contributed by atoms with Crippen LogP contribution < -0.4 is 4.46 Å². The average Bonchev–Trinajstić information content (AvgIpc) is 3.78. The molecule has 0 spiro atoms. The first-order valence-corrected chi connectivity index (χ1v) is 15.8. The summed E-state index contributed by atoms with van der Waals surface area (Å²) in [5.41, 5.74) is 6.30. The second kappa shape index (κ2) is 10.5. The van der Waals surface area contributed by atoms with E-state index in [4.69, 9.17) is 29.9 Å². The fourth-order valence-corrected chi connectivity index (χ4v) is 6.02. The van der Waals surface area contributed by atoms with Crippen LogP contribution in [0.4, 0.5) is 0 Å². The summed E-state index contributed by atoms with van der Waals surface area (Å²) in [6, 6.07) is 30.1. The number of aromatic nitrogens is 8. The molecule has 4 aromatic carbocycles. The predicted molar refractivity (Wildman–Crippen MR) is 162 cm³/mol. The van der Waals surface area contributed by atoms with Crippen molar-refractivity contribution in [3.05, 3.63) is 91.0 Å². The van der Waals surface area contributed by atoms with Gasteiger partial charge in [-0.15, -0.1) is 0 Å². The molecular formula is C32H17ClFeN8Pd. The summed E-state index contributed by atoms with van der Waals surface area (Å²) >= 11 is 6.51. The Morgan fingerprint density at radius 2 is 0.814 bits per heavy atom. The Morgan fingerprint density at radius 3 is 1.30 bits per heavy atom. The Labute approximate surface area is 267 Å². The third-order valence-corrected chi connectivity index (χ3v) is 7.98. The molecule has 2 aliphatic heterocycles. The summed E-state index contributed by atoms with van der Waals surface area (Å²) in [6.45, 7) is 0. The molecule has 0 atom stereocenters. The number of hydrogen-bond acceptors (Lipinski definition) is 6. The molecule has 0 unspecified atom stereocenters. The first kappa shape index (κ1) is 26.3. The Kier molecular flexibility index (Phi) is 6.41. The van der Waals surface area contributed by atoms with Gasteiger partial charge in [0, 0.05) is 0 Å². The van der Waals surface area contributed by atoms with Crippen molar-refractivity contribution in [1.82, 2.24) is 39.9 Å². The van der Waals surface area contributed by atoms with Gasteiger partial charge in [0.05, 0.1) is 0 Å². The third-order valence-electron chi connectivity index (χ3n) is 7.52. The average molecular weight is 711 g/mol. The number of nitrogens with zero attached hydrogens (tertiary/aromatic N) is 6. The second-order valence-corrected chi connectivity index (χ2v) is 10.5. The first-order valence-electron chi connectivity index (χ1n) is 13.2. The van der Waals surface area contributed by atoms with Crippen molar-refractivity contribution >= 4 is 58.1 Å². The molecule has 11 heteroatoms. The molecule has 210 valence electrons. The summed E-state index contributed by atoms with van der Waals surface area (Å²) in [7, 11) is 4.49. The van der Waals surface area contributed by atoms with Crippen molar-refractivity contribution in [3.8, 4) is 45.6 Å². The number of aromatic amines is 2. The van der Waals surface area contributed by atoms with E-state index in [0.717, 1.165) is 48.3 Å². The van der Waals surface area contributed by atoms with Crippen LogP contribution in [0.15, 0.2) is 91.0 Å². The number of hydrogen-bond donors (Lipinski definition) is 2. The van der Waals surface area contributed by atoms with Crippen molar-refractivity contribution in [2.24, 2.45) is 0 Å². The van der Waals surface area contributed by atoms with E-state index >= 15 is 0 Å². The molecular weight excluding hydrogens is 694 g/mol. The minimum atomic E-state index is 0.573. The first-order chi connectivity index (χ1) is 21.2. The van der Waals surface area contributed by atoms with Crippen LogP contribution in [0.25, 0.3) is 89.7 Å². The molecule has 7 aromatic rings. The van der Waals surface area contributed by atoms with E-state index in [-0.39, 0.29) is 0 Å². The zero-order valence-electron chi connectivity index (χ0n) is 21.9. The molecule has 0 saturated carbocycles. The molecule has 5 heterocycles. The molecule has 2 N–H and O–H groups in total. The third kappa shape index (κ3) is 4.22. The fourth-order valence-electron chi connectivity index (χ4n) is 5.64. The maximum absolute atomic E-state index is 5.04. The summed E-state index contributed by atoms with van der Waals surface area (Å²) in [4.78, 5) is 36.8. The van der Waals surface area contributed by atoms with Crippen molar-refractivity contribution in [1.29, 1.82) is 0 Å². The van der Waals surface area contributed by atoms with Gasteiger partial charge in [-0.05, 0) is 0 Å². The normalized spacial score (nSPS) is 11.6. The van der Waals surface area contributed by atoms with E-state index in [0.29, 0.717) is 45.9 Å². The zero-order chi connectivity index (χ0) is 29.1. The van der Waals surface area contributed by atoms with E-state index in [1.54, 1.807) is 0 Å². The van der Waals surface area contributed by atoms with Gasteiger partial charge in [0.1, 0.15) is 0 Å². The van der Waals surface area contributed by atoms with Crippen molar-refractivity contribution in [2.45, 2.75) is 0 Å². The van der Waals surface area contributed by atoms with Gasteiger partial charge in [0.2, 0.25) is 0 Å². The molecule has 0 aliphatic carbocycles. The number of nitrogens with one attached hydrogen (secondary N) is 2. The van der Waals surface area contributed by atoms with Crippen molar-refractivity contribution < 1.29 is 34.2 Å². The molecule has 0 radical (unpaired) electrons. The zero-order valence-corrected chi connectivity index (χ0v) is 25.3. The summed E-state index contributed by atoms with van der Waals surface area (Å²) < 4.78 is 0.846. The Bertz CT molecular complexity index is 2410. The summed E-state index contributed by atoms with van der Waals surface area (Å²) in [5, 5.41) is 3.70. The number of halogens is 1. The number of fused-ring (bicyclic) bond motifs is 20. The number of H-pyrrole nitrogens is 2. The second-order valence-electron chi connectivity index (χ2n) is 9.90. The standard InChI is InChI=1S/C32H17N8.ClH.Fe.Pd/c1-2-10-18-17(9-1)25-33-26(18)38-28-21-13-5-6-14-22(21)30(35-28)40-32-24-16-8-7-15-23(24)31(36-32)39-29-20-12-4-3-11-19(20)27(34-29)37-25;;;/h1-15H,(H2,33,34,35,36,37,38,39,40);1H;;/q;;;+1/p-1. The molecule has 0 fully saturated rings. The Hall–Kier alpha value is -4.29. The quantitative estimate of drug-likeness (QED) is 0.169. The van der Waals surface area contributed by atoms with E-state index in [1.807, 2.05) is 91.0 Å². The van der Waals surface area contributed by atoms with Crippen LogP contribution in [0.3, 0.4) is 0 Å². The van der Waals surface area contributed by atoms with Crippen LogP contribution in [-0.4, -0.2) is 39.9 Å². The molecule has 0 amide bonds. The van der Waals surface area contributed by atoms with Crippen LogP contribution in [0, 0.1) is 0 Å². The summed E-state index contributed by atoms with van der Waals surface area (Å²) in [6.07, 6.45) is 0. The van der Waals surface area contributed by atoms with Crippen LogP contribution in [0.1, 0.15) is 0 Å².